The Morgan fingerprint density at radius 3 is 2.69 bits per heavy atom. The number of fused-ring (bicyclic) bond motifs is 3. The zero-order valence-corrected chi connectivity index (χ0v) is 20.5. The molecule has 5 aromatic rings. The maximum atomic E-state index is 9.96. The number of nitrogens with zero attached hydrogens (tertiary/aromatic N) is 5. The van der Waals surface area contributed by atoms with Crippen LogP contribution in [0.5, 0.6) is 5.75 Å². The largest absolute Gasteiger partial charge is 0.495 e. The van der Waals surface area contributed by atoms with E-state index in [4.69, 9.17) is 9.47 Å². The predicted molar refractivity (Wildman–Crippen MR) is 138 cm³/mol. The van der Waals surface area contributed by atoms with Gasteiger partial charge >= 0.3 is 0 Å². The molecule has 36 heavy (non-hydrogen) atoms. The molecule has 0 atom stereocenters. The summed E-state index contributed by atoms with van der Waals surface area (Å²) in [6, 6.07) is 23.3. The Hall–Kier alpha value is -3.93. The summed E-state index contributed by atoms with van der Waals surface area (Å²) in [6.45, 7) is 1.25. The topological polar surface area (TPSA) is 85.3 Å². The van der Waals surface area contributed by atoms with Crippen LogP contribution in [0.25, 0.3) is 27.9 Å². The van der Waals surface area contributed by atoms with Gasteiger partial charge in [0.1, 0.15) is 5.75 Å². The molecule has 2 aromatic carbocycles. The smallest absolute Gasteiger partial charge is 0.170 e. The second kappa shape index (κ2) is 9.26. The Balaban J connectivity index is 1.36. The molecule has 8 heteroatoms. The quantitative estimate of drug-likeness (QED) is 0.312. The van der Waals surface area contributed by atoms with Crippen LogP contribution in [0.4, 0.5) is 0 Å². The average Bonchev–Trinajstić information content (AvgIpc) is 3.38. The molecule has 0 aliphatic carbocycles. The van der Waals surface area contributed by atoms with E-state index in [2.05, 4.69) is 63.7 Å². The Morgan fingerprint density at radius 1 is 1.00 bits per heavy atom. The molecule has 178 valence electrons. The van der Waals surface area contributed by atoms with Crippen molar-refractivity contribution < 1.29 is 9.47 Å². The lowest BCUT2D eigenvalue weighted by Gasteiger charge is -2.31. The maximum Gasteiger partial charge on any atom is 0.170 e. The van der Waals surface area contributed by atoms with Crippen molar-refractivity contribution in [3.05, 3.63) is 78.6 Å². The minimum atomic E-state index is -0.469. The number of ether oxygens (including phenoxy) is 2. The fraction of sp³-hybridized carbons (Fsp3) is 0.214. The molecule has 6 rings (SSSR count). The van der Waals surface area contributed by atoms with E-state index in [9.17, 15) is 5.26 Å². The van der Waals surface area contributed by atoms with Gasteiger partial charge in [0.2, 0.25) is 0 Å². The molecule has 1 aliphatic heterocycles. The number of rotatable bonds is 5. The molecule has 0 spiro atoms. The molecular formula is C28H23N5O2S. The molecule has 0 radical (unpaired) electrons. The van der Waals surface area contributed by atoms with E-state index in [0.717, 1.165) is 50.3 Å². The van der Waals surface area contributed by atoms with E-state index in [1.54, 1.807) is 31.3 Å². The fourth-order valence-electron chi connectivity index (χ4n) is 4.76. The number of methoxy groups -OCH3 is 1. The number of hydrogen-bond donors (Lipinski definition) is 0. The highest BCUT2D eigenvalue weighted by molar-refractivity contribution is 7.99. The van der Waals surface area contributed by atoms with Gasteiger partial charge in [-0.3, -0.25) is 9.38 Å². The summed E-state index contributed by atoms with van der Waals surface area (Å²) in [6.07, 6.45) is 4.90. The van der Waals surface area contributed by atoms with Gasteiger partial charge in [-0.1, -0.05) is 23.9 Å². The summed E-state index contributed by atoms with van der Waals surface area (Å²) < 4.78 is 12.9. The van der Waals surface area contributed by atoms with Crippen LogP contribution in [-0.2, 0) is 10.2 Å². The molecule has 1 aliphatic rings. The van der Waals surface area contributed by atoms with Crippen LogP contribution in [0, 0.1) is 11.3 Å². The van der Waals surface area contributed by atoms with Crippen molar-refractivity contribution in [3.8, 4) is 23.2 Å². The van der Waals surface area contributed by atoms with E-state index in [1.165, 1.54) is 0 Å². The lowest BCUT2D eigenvalue weighted by molar-refractivity contribution is 0.0675. The maximum absolute atomic E-state index is 9.96. The second-order valence-corrected chi connectivity index (χ2v) is 9.97. The third-order valence-corrected chi connectivity index (χ3v) is 7.71. The summed E-state index contributed by atoms with van der Waals surface area (Å²) in [4.78, 5) is 6.51. The molecule has 1 saturated heterocycles. The highest BCUT2D eigenvalue weighted by Gasteiger charge is 2.34. The third-order valence-electron chi connectivity index (χ3n) is 6.73. The minimum absolute atomic E-state index is 0.469. The first kappa shape index (κ1) is 22.5. The summed E-state index contributed by atoms with van der Waals surface area (Å²) >= 11 is 1.70. The van der Waals surface area contributed by atoms with Crippen LogP contribution >= 0.6 is 11.8 Å². The minimum Gasteiger partial charge on any atom is -0.495 e. The van der Waals surface area contributed by atoms with Crippen molar-refractivity contribution in [2.45, 2.75) is 28.0 Å². The number of benzene rings is 2. The van der Waals surface area contributed by atoms with Gasteiger partial charge in [0, 0.05) is 34.8 Å². The lowest BCUT2D eigenvalue weighted by Crippen LogP contribution is -2.32. The molecule has 0 N–H and O–H groups in total. The van der Waals surface area contributed by atoms with Crippen molar-refractivity contribution in [3.63, 3.8) is 0 Å². The van der Waals surface area contributed by atoms with Gasteiger partial charge in [0.15, 0.2) is 11.5 Å². The summed E-state index contributed by atoms with van der Waals surface area (Å²) in [5.41, 5.74) is 3.22. The van der Waals surface area contributed by atoms with E-state index in [1.807, 2.05) is 22.6 Å². The van der Waals surface area contributed by atoms with Crippen LogP contribution < -0.4 is 4.74 Å². The molecular weight excluding hydrogens is 470 g/mol. The van der Waals surface area contributed by atoms with Crippen molar-refractivity contribution in [1.29, 1.82) is 5.26 Å². The zero-order valence-electron chi connectivity index (χ0n) is 19.7. The predicted octanol–water partition coefficient (Wildman–Crippen LogP) is 5.68. The Labute approximate surface area is 212 Å². The molecule has 0 bridgehead atoms. The van der Waals surface area contributed by atoms with Gasteiger partial charge < -0.3 is 9.47 Å². The van der Waals surface area contributed by atoms with Crippen LogP contribution in [0.3, 0.4) is 0 Å². The Kier molecular flexibility index (Phi) is 5.80. The zero-order chi connectivity index (χ0) is 24.5. The van der Waals surface area contributed by atoms with Gasteiger partial charge in [0.25, 0.3) is 0 Å². The molecule has 0 amide bonds. The Morgan fingerprint density at radius 2 is 1.86 bits per heavy atom. The highest BCUT2D eigenvalue weighted by atomic mass is 32.2. The number of hydrogen-bond acceptors (Lipinski definition) is 7. The number of aromatic nitrogens is 4. The first-order valence-corrected chi connectivity index (χ1v) is 12.6. The van der Waals surface area contributed by atoms with Gasteiger partial charge in [-0.2, -0.15) is 5.26 Å². The van der Waals surface area contributed by atoms with Crippen molar-refractivity contribution in [2.75, 3.05) is 20.3 Å². The van der Waals surface area contributed by atoms with E-state index < -0.39 is 5.41 Å². The average molecular weight is 494 g/mol. The second-order valence-electron chi connectivity index (χ2n) is 8.82. The first-order valence-electron chi connectivity index (χ1n) is 11.7. The van der Waals surface area contributed by atoms with Crippen molar-refractivity contribution >= 4 is 28.3 Å². The molecule has 0 unspecified atom stereocenters. The third kappa shape index (κ3) is 3.96. The van der Waals surface area contributed by atoms with Crippen LogP contribution in [-0.4, -0.2) is 39.9 Å². The molecule has 7 nitrogen and oxygen atoms in total. The molecule has 4 heterocycles. The number of nitriles is 1. The molecule has 0 saturated carbocycles. The summed E-state index contributed by atoms with van der Waals surface area (Å²) in [5.74, 6) is 1.39. The SMILES string of the molecule is COc1cncc(-c2nnc3ccc4cc(Sc5cccc(C6(C#N)CCOCC6)c5)ccc4n23)c1. The summed E-state index contributed by atoms with van der Waals surface area (Å²) in [7, 11) is 1.62. The van der Waals surface area contributed by atoms with E-state index >= 15 is 0 Å². The monoisotopic (exact) mass is 493 g/mol. The first-order chi connectivity index (χ1) is 17.7. The molecule has 1 fully saturated rings. The summed E-state index contributed by atoms with van der Waals surface area (Å²) in [5, 5.41) is 19.8. The van der Waals surface area contributed by atoms with E-state index in [-0.39, 0.29) is 0 Å². The van der Waals surface area contributed by atoms with E-state index in [0.29, 0.717) is 24.8 Å². The Bertz CT molecular complexity index is 1620. The van der Waals surface area contributed by atoms with Crippen LogP contribution in [0.1, 0.15) is 18.4 Å². The highest BCUT2D eigenvalue weighted by Crippen LogP contribution is 2.38. The van der Waals surface area contributed by atoms with Gasteiger partial charge in [-0.15, -0.1) is 10.2 Å². The lowest BCUT2D eigenvalue weighted by atomic mass is 9.75. The van der Waals surface area contributed by atoms with Gasteiger partial charge in [-0.05, 0) is 72.3 Å². The fourth-order valence-corrected chi connectivity index (χ4v) is 5.68. The standard InChI is InChI=1S/C28H23N5O2S/c1-34-22-13-20(16-30-17-22)27-32-31-26-8-5-19-14-24(6-7-25(19)33(26)27)36-23-4-2-3-21(15-23)28(18-29)9-11-35-12-10-28/h2-8,13-17H,9-12H2,1H3. The molecule has 3 aromatic heterocycles. The van der Waals surface area contributed by atoms with Crippen LogP contribution in [0.15, 0.2) is 82.8 Å². The number of pyridine rings is 2. The normalized spacial score (nSPS) is 15.1. The van der Waals surface area contributed by atoms with Gasteiger partial charge in [0.05, 0.1) is 30.3 Å². The van der Waals surface area contributed by atoms with Gasteiger partial charge in [-0.25, -0.2) is 0 Å². The van der Waals surface area contributed by atoms with Crippen molar-refractivity contribution in [1.82, 2.24) is 19.6 Å². The van der Waals surface area contributed by atoms with Crippen molar-refractivity contribution in [2.24, 2.45) is 0 Å². The van der Waals surface area contributed by atoms with Crippen LogP contribution in [0.2, 0.25) is 0 Å².